The van der Waals surface area contributed by atoms with Crippen molar-refractivity contribution >= 4 is 10.9 Å². The van der Waals surface area contributed by atoms with Crippen LogP contribution in [-0.4, -0.2) is 26.2 Å². The number of hydrogen-bond donors (Lipinski definition) is 4. The van der Waals surface area contributed by atoms with Crippen molar-refractivity contribution in [3.05, 3.63) is 61.9 Å². The number of benzene rings is 1. The van der Waals surface area contributed by atoms with Crippen LogP contribution in [0.1, 0.15) is 43.6 Å². The molecule has 4 N–H and O–H groups in total. The first-order valence-electron chi connectivity index (χ1n) is 8.70. The number of rotatable bonds is 1. The molecule has 0 radical (unpaired) electrons. The summed E-state index contributed by atoms with van der Waals surface area (Å²) >= 11 is 0. The monoisotopic (exact) mass is 354 g/mol. The molecule has 1 aromatic carbocycles. The average molecular weight is 354 g/mol. The van der Waals surface area contributed by atoms with Crippen LogP contribution in [0.5, 0.6) is 5.88 Å². The molecule has 3 aromatic rings. The Labute approximate surface area is 149 Å². The Balaban J connectivity index is 1.99. The molecule has 1 aliphatic rings. The maximum atomic E-state index is 12.6. The van der Waals surface area contributed by atoms with E-state index in [1.54, 1.807) is 20.8 Å². The molecule has 7 nitrogen and oxygen atoms in total. The molecule has 3 heterocycles. The molecular weight excluding hydrogens is 332 g/mol. The molecule has 0 aliphatic carbocycles. The third-order valence-corrected chi connectivity index (χ3v) is 4.94. The smallest absolute Gasteiger partial charge is 0.331 e. The number of H-pyrrole nitrogens is 2. The Hall–Kier alpha value is -2.80. The number of para-hydroxylation sites is 1. The van der Waals surface area contributed by atoms with E-state index in [0.29, 0.717) is 6.54 Å². The van der Waals surface area contributed by atoms with Gasteiger partial charge in [0.05, 0.1) is 6.04 Å². The molecule has 1 aliphatic heterocycles. The zero-order chi connectivity index (χ0) is 18.6. The normalized spacial score (nSPS) is 17.4. The molecule has 0 spiro atoms. The van der Waals surface area contributed by atoms with Gasteiger partial charge >= 0.3 is 5.69 Å². The van der Waals surface area contributed by atoms with E-state index in [4.69, 9.17) is 0 Å². The number of aromatic nitrogens is 3. The second kappa shape index (κ2) is 5.60. The third kappa shape index (κ3) is 2.39. The first-order chi connectivity index (χ1) is 12.3. The molecule has 0 fully saturated rings. The minimum Gasteiger partial charge on any atom is -0.494 e. The maximum Gasteiger partial charge on any atom is 0.331 e. The Morgan fingerprint density at radius 1 is 1.15 bits per heavy atom. The summed E-state index contributed by atoms with van der Waals surface area (Å²) in [4.78, 5) is 30.6. The van der Waals surface area contributed by atoms with Gasteiger partial charge in [0, 0.05) is 28.7 Å². The quantitative estimate of drug-likeness (QED) is 0.534. The maximum absolute atomic E-state index is 12.6. The summed E-state index contributed by atoms with van der Waals surface area (Å²) in [5, 5.41) is 15.3. The van der Waals surface area contributed by atoms with Gasteiger partial charge in [0.1, 0.15) is 5.56 Å². The molecule has 4 rings (SSSR count). The van der Waals surface area contributed by atoms with Gasteiger partial charge in [0.2, 0.25) is 5.88 Å². The van der Waals surface area contributed by atoms with Crippen LogP contribution in [0.4, 0.5) is 0 Å². The zero-order valence-corrected chi connectivity index (χ0v) is 15.0. The van der Waals surface area contributed by atoms with E-state index in [1.807, 2.05) is 24.3 Å². The van der Waals surface area contributed by atoms with E-state index in [9.17, 15) is 14.7 Å². The lowest BCUT2D eigenvalue weighted by Crippen LogP contribution is -2.43. The van der Waals surface area contributed by atoms with Gasteiger partial charge in [-0.1, -0.05) is 18.2 Å². The van der Waals surface area contributed by atoms with Crippen LogP contribution < -0.4 is 16.6 Å². The van der Waals surface area contributed by atoms with Gasteiger partial charge in [-0.2, -0.15) is 0 Å². The number of aromatic hydroxyl groups is 1. The zero-order valence-electron chi connectivity index (χ0n) is 15.0. The van der Waals surface area contributed by atoms with Crippen molar-refractivity contribution in [1.29, 1.82) is 0 Å². The molecule has 1 atom stereocenters. The first-order valence-corrected chi connectivity index (χ1v) is 8.70. The molecule has 0 saturated heterocycles. The standard InChI is InChI=1S/C19H22N4O3/c1-19(2,3)23-17(25)13(16(24)22-18(23)26)15-14-11(8-9-20-15)10-6-4-5-7-12(10)21-14/h4-7,15,20-21,25H,8-9H2,1-3H3,(H,22,24,26)/t15-/m0/s1. The highest BCUT2D eigenvalue weighted by Gasteiger charge is 2.32. The number of nitrogens with one attached hydrogen (secondary N) is 3. The Morgan fingerprint density at radius 2 is 1.88 bits per heavy atom. The van der Waals surface area contributed by atoms with Crippen molar-refractivity contribution < 1.29 is 5.11 Å². The molecule has 0 amide bonds. The highest BCUT2D eigenvalue weighted by atomic mass is 16.3. The molecule has 0 saturated carbocycles. The molecule has 7 heteroatoms. The van der Waals surface area contributed by atoms with E-state index in [2.05, 4.69) is 15.3 Å². The van der Waals surface area contributed by atoms with Crippen LogP contribution in [0.2, 0.25) is 0 Å². The lowest BCUT2D eigenvalue weighted by Gasteiger charge is -2.28. The summed E-state index contributed by atoms with van der Waals surface area (Å²) in [7, 11) is 0. The van der Waals surface area contributed by atoms with E-state index in [1.165, 1.54) is 4.57 Å². The summed E-state index contributed by atoms with van der Waals surface area (Å²) in [5.74, 6) is -0.296. The van der Waals surface area contributed by atoms with Gasteiger partial charge in [0.25, 0.3) is 5.56 Å². The van der Waals surface area contributed by atoms with Crippen LogP contribution in [0.3, 0.4) is 0 Å². The van der Waals surface area contributed by atoms with E-state index in [-0.39, 0.29) is 11.4 Å². The van der Waals surface area contributed by atoms with Crippen LogP contribution in [0.15, 0.2) is 33.9 Å². The highest BCUT2D eigenvalue weighted by molar-refractivity contribution is 5.85. The largest absolute Gasteiger partial charge is 0.494 e. The van der Waals surface area contributed by atoms with Crippen molar-refractivity contribution in [2.45, 2.75) is 38.8 Å². The Morgan fingerprint density at radius 3 is 2.62 bits per heavy atom. The van der Waals surface area contributed by atoms with E-state index < -0.39 is 22.8 Å². The van der Waals surface area contributed by atoms with Crippen LogP contribution in [0, 0.1) is 0 Å². The van der Waals surface area contributed by atoms with Crippen molar-refractivity contribution in [2.75, 3.05) is 6.54 Å². The minimum atomic E-state index is -0.669. The Bertz CT molecular complexity index is 1110. The van der Waals surface area contributed by atoms with Gasteiger partial charge < -0.3 is 15.4 Å². The van der Waals surface area contributed by atoms with Crippen LogP contribution in [0.25, 0.3) is 10.9 Å². The highest BCUT2D eigenvalue weighted by Crippen LogP contribution is 2.35. The van der Waals surface area contributed by atoms with Crippen molar-refractivity contribution in [3.63, 3.8) is 0 Å². The van der Waals surface area contributed by atoms with E-state index >= 15 is 0 Å². The fourth-order valence-electron chi connectivity index (χ4n) is 3.85. The van der Waals surface area contributed by atoms with Crippen molar-refractivity contribution in [2.24, 2.45) is 0 Å². The van der Waals surface area contributed by atoms with Crippen molar-refractivity contribution in [1.82, 2.24) is 19.9 Å². The summed E-state index contributed by atoms with van der Waals surface area (Å²) < 4.78 is 1.22. The van der Waals surface area contributed by atoms with Gasteiger partial charge in [-0.3, -0.25) is 14.3 Å². The van der Waals surface area contributed by atoms with Crippen LogP contribution in [-0.2, 0) is 12.0 Å². The van der Waals surface area contributed by atoms with Gasteiger partial charge in [0.15, 0.2) is 0 Å². The van der Waals surface area contributed by atoms with Crippen molar-refractivity contribution in [3.8, 4) is 5.88 Å². The van der Waals surface area contributed by atoms with Crippen LogP contribution >= 0.6 is 0 Å². The van der Waals surface area contributed by atoms with E-state index in [0.717, 1.165) is 28.6 Å². The van der Waals surface area contributed by atoms with Gasteiger partial charge in [-0.15, -0.1) is 0 Å². The fourth-order valence-corrected chi connectivity index (χ4v) is 3.85. The second-order valence-corrected chi connectivity index (χ2v) is 7.70. The number of nitrogens with zero attached hydrogens (tertiary/aromatic N) is 1. The lowest BCUT2D eigenvalue weighted by atomic mass is 9.95. The molecule has 0 bridgehead atoms. The predicted molar refractivity (Wildman–Crippen MR) is 99.8 cm³/mol. The lowest BCUT2D eigenvalue weighted by molar-refractivity contribution is 0.298. The summed E-state index contributed by atoms with van der Waals surface area (Å²) in [6, 6.07) is 7.47. The summed E-state index contributed by atoms with van der Waals surface area (Å²) in [6.45, 7) is 6.09. The SMILES string of the molecule is CC(C)(C)n1c(O)c([C@@H]2NCCc3c2[nH]c2ccccc32)c(=O)[nH]c1=O. The number of fused-ring (bicyclic) bond motifs is 3. The second-order valence-electron chi connectivity index (χ2n) is 7.70. The summed E-state index contributed by atoms with van der Waals surface area (Å²) in [5.41, 5.74) is 1.29. The average Bonchev–Trinajstić information content (AvgIpc) is 2.92. The fraction of sp³-hybridized carbons (Fsp3) is 0.368. The van der Waals surface area contributed by atoms with Gasteiger partial charge in [-0.05, 0) is 38.8 Å². The molecule has 2 aromatic heterocycles. The predicted octanol–water partition coefficient (Wildman–Crippen LogP) is 1.71. The number of aromatic amines is 2. The molecular formula is C19H22N4O3. The topological polar surface area (TPSA) is 103 Å². The minimum absolute atomic E-state index is 0.159. The first kappa shape index (κ1) is 16.7. The molecule has 136 valence electrons. The number of hydrogen-bond acceptors (Lipinski definition) is 4. The molecule has 0 unspecified atom stereocenters. The molecule has 26 heavy (non-hydrogen) atoms. The van der Waals surface area contributed by atoms with Gasteiger partial charge in [-0.25, -0.2) is 4.79 Å². The Kier molecular flexibility index (Phi) is 3.59. The third-order valence-electron chi connectivity index (χ3n) is 4.94. The summed E-state index contributed by atoms with van der Waals surface area (Å²) in [6.07, 6.45) is 0.827.